The molecular formula is C44H72N2Si2. The largest absolute Gasteiger partial charge is 0.332 e. The van der Waals surface area contributed by atoms with Gasteiger partial charge in [-0.3, -0.25) is 0 Å². The van der Waals surface area contributed by atoms with Gasteiger partial charge in [0, 0.05) is 22.2 Å². The topological polar surface area (TPSA) is 24.1 Å². The van der Waals surface area contributed by atoms with Crippen LogP contribution in [0.4, 0.5) is 0 Å². The summed E-state index contributed by atoms with van der Waals surface area (Å²) in [7, 11) is -3.39. The van der Waals surface area contributed by atoms with E-state index in [9.17, 15) is 0 Å². The van der Waals surface area contributed by atoms with E-state index >= 15 is 0 Å². The molecule has 0 saturated heterocycles. The molecule has 2 aliphatic carbocycles. The van der Waals surface area contributed by atoms with Gasteiger partial charge in [0.15, 0.2) is 0 Å². The first kappa shape index (κ1) is 39.1. The van der Waals surface area contributed by atoms with Crippen LogP contribution in [0.1, 0.15) is 166 Å². The number of nitrogens with one attached hydrogen (secondary N) is 2. The van der Waals surface area contributed by atoms with Crippen LogP contribution in [0.25, 0.3) is 11.1 Å². The van der Waals surface area contributed by atoms with Gasteiger partial charge in [-0.05, 0) is 114 Å². The van der Waals surface area contributed by atoms with E-state index in [0.717, 1.165) is 0 Å². The maximum absolute atomic E-state index is 4.07. The maximum Gasteiger partial charge on any atom is 0.131 e. The summed E-state index contributed by atoms with van der Waals surface area (Å²) in [5, 5.41) is 0. The fourth-order valence-electron chi connectivity index (χ4n) is 9.91. The SMILES string of the molecule is CC1=C(CCCCCCCCCCCCC2=C(C)C([Si](C)(C)NC(C)(C)C)c3ccccc32)c2ccccc2C1[Si](C)(C)NC(C)(C)C. The molecular weight excluding hydrogens is 613 g/mol. The van der Waals surface area contributed by atoms with E-state index in [2.05, 4.69) is 140 Å². The zero-order valence-electron chi connectivity index (χ0n) is 33.3. The molecule has 0 aromatic heterocycles. The number of hydrogen-bond acceptors (Lipinski definition) is 2. The van der Waals surface area contributed by atoms with Crippen LogP contribution in [0, 0.1) is 0 Å². The zero-order valence-corrected chi connectivity index (χ0v) is 35.3. The quantitative estimate of drug-likeness (QED) is 0.128. The number of benzene rings is 2. The van der Waals surface area contributed by atoms with E-state index in [-0.39, 0.29) is 11.1 Å². The summed E-state index contributed by atoms with van der Waals surface area (Å²) in [5.41, 5.74) is 14.3. The minimum Gasteiger partial charge on any atom is -0.332 e. The first-order chi connectivity index (χ1) is 22.4. The fourth-order valence-corrected chi connectivity index (χ4v) is 18.6. The highest BCUT2D eigenvalue weighted by atomic mass is 28.3. The van der Waals surface area contributed by atoms with E-state index < -0.39 is 16.5 Å². The van der Waals surface area contributed by atoms with Gasteiger partial charge in [-0.25, -0.2) is 0 Å². The molecule has 48 heavy (non-hydrogen) atoms. The summed E-state index contributed by atoms with van der Waals surface area (Å²) >= 11 is 0. The Bertz CT molecular complexity index is 1320. The molecule has 0 amide bonds. The second kappa shape index (κ2) is 16.1. The Hall–Kier alpha value is -1.73. The monoisotopic (exact) mass is 685 g/mol. The molecule has 0 spiro atoms. The Morgan fingerprint density at radius 1 is 0.479 bits per heavy atom. The second-order valence-electron chi connectivity index (χ2n) is 18.6. The third-order valence-electron chi connectivity index (χ3n) is 11.0. The molecule has 4 heteroatoms. The number of unbranched alkanes of at least 4 members (excludes halogenated alkanes) is 9. The van der Waals surface area contributed by atoms with E-state index in [1.807, 2.05) is 0 Å². The second-order valence-corrected chi connectivity index (χ2v) is 27.1. The van der Waals surface area contributed by atoms with Crippen molar-refractivity contribution in [3.05, 3.63) is 81.9 Å². The molecule has 2 atom stereocenters. The fraction of sp³-hybridized carbons (Fsp3) is 0.636. The van der Waals surface area contributed by atoms with E-state index in [1.54, 1.807) is 44.5 Å². The number of hydrogen-bond donors (Lipinski definition) is 2. The summed E-state index contributed by atoms with van der Waals surface area (Å²) in [4.78, 5) is 8.15. The molecule has 0 radical (unpaired) electrons. The lowest BCUT2D eigenvalue weighted by atomic mass is 9.98. The third kappa shape index (κ3) is 9.95. The number of rotatable bonds is 17. The predicted octanol–water partition coefficient (Wildman–Crippen LogP) is 13.1. The van der Waals surface area contributed by atoms with Gasteiger partial charge in [0.1, 0.15) is 16.5 Å². The highest BCUT2D eigenvalue weighted by Gasteiger charge is 2.43. The smallest absolute Gasteiger partial charge is 0.131 e. The van der Waals surface area contributed by atoms with Crippen LogP contribution in [0.15, 0.2) is 59.7 Å². The van der Waals surface area contributed by atoms with E-state index in [4.69, 9.17) is 0 Å². The van der Waals surface area contributed by atoms with Crippen molar-refractivity contribution in [2.45, 2.75) is 181 Å². The van der Waals surface area contributed by atoms with Gasteiger partial charge >= 0.3 is 0 Å². The molecule has 2 unspecified atom stereocenters. The summed E-state index contributed by atoms with van der Waals surface area (Å²) in [6.45, 7) is 28.9. The molecule has 0 saturated carbocycles. The van der Waals surface area contributed by atoms with Crippen molar-refractivity contribution < 1.29 is 0 Å². The lowest BCUT2D eigenvalue weighted by Crippen LogP contribution is -2.58. The Balaban J connectivity index is 1.15. The Kier molecular flexibility index (Phi) is 13.1. The highest BCUT2D eigenvalue weighted by molar-refractivity contribution is 6.78. The van der Waals surface area contributed by atoms with Crippen LogP contribution in [0.2, 0.25) is 26.2 Å². The molecule has 2 N–H and O–H groups in total. The zero-order chi connectivity index (χ0) is 35.3. The highest BCUT2D eigenvalue weighted by Crippen LogP contribution is 2.49. The van der Waals surface area contributed by atoms with Crippen LogP contribution >= 0.6 is 0 Å². The molecule has 2 aromatic rings. The standard InChI is InChI=1S/C44H72N2Si2/c1-33-35(37-29-23-25-31-39(37)41(33)47(9,10)45-43(3,4)5)27-21-19-17-15-13-14-16-18-20-22-28-36-34(2)42(40-32-26-24-30-38(36)40)48(11,12)46-44(6,7)8/h23-26,29-32,41-42,45-46H,13-22,27-28H2,1-12H3. The van der Waals surface area contributed by atoms with E-state index in [1.165, 1.54) is 77.0 Å². The lowest BCUT2D eigenvalue weighted by molar-refractivity contribution is 0.507. The van der Waals surface area contributed by atoms with Gasteiger partial charge in [-0.15, -0.1) is 0 Å². The van der Waals surface area contributed by atoms with Gasteiger partial charge < -0.3 is 9.96 Å². The van der Waals surface area contributed by atoms with Crippen molar-refractivity contribution in [3.8, 4) is 0 Å². The number of allylic oxidation sites excluding steroid dienone is 4. The molecule has 4 rings (SSSR count). The van der Waals surface area contributed by atoms with Crippen molar-refractivity contribution >= 4 is 27.6 Å². The molecule has 0 bridgehead atoms. The van der Waals surface area contributed by atoms with Gasteiger partial charge in [-0.2, -0.15) is 0 Å². The Morgan fingerprint density at radius 3 is 1.08 bits per heavy atom. The average molecular weight is 685 g/mol. The Labute approximate surface area is 299 Å². The van der Waals surface area contributed by atoms with Gasteiger partial charge in [0.25, 0.3) is 0 Å². The van der Waals surface area contributed by atoms with Crippen LogP contribution in [0.5, 0.6) is 0 Å². The summed E-state index contributed by atoms with van der Waals surface area (Å²) in [5.74, 6) is 0. The van der Waals surface area contributed by atoms with Crippen LogP contribution in [-0.4, -0.2) is 27.5 Å². The normalized spacial score (nSPS) is 18.6. The first-order valence-corrected chi connectivity index (χ1v) is 25.7. The van der Waals surface area contributed by atoms with Crippen molar-refractivity contribution in [2.24, 2.45) is 0 Å². The predicted molar refractivity (Wildman–Crippen MR) is 220 cm³/mol. The molecule has 266 valence electrons. The summed E-state index contributed by atoms with van der Waals surface area (Å²) in [6, 6.07) is 18.6. The van der Waals surface area contributed by atoms with E-state index in [0.29, 0.717) is 11.1 Å². The van der Waals surface area contributed by atoms with Crippen molar-refractivity contribution in [1.29, 1.82) is 0 Å². The van der Waals surface area contributed by atoms with Gasteiger partial charge in [-0.1, -0.05) is 137 Å². The maximum atomic E-state index is 4.07. The lowest BCUT2D eigenvalue weighted by Gasteiger charge is -2.39. The average Bonchev–Trinajstić information content (AvgIpc) is 3.41. The van der Waals surface area contributed by atoms with Crippen LogP contribution in [-0.2, 0) is 0 Å². The summed E-state index contributed by atoms with van der Waals surface area (Å²) in [6.07, 6.45) is 16.3. The third-order valence-corrected chi connectivity index (χ3v) is 18.1. The molecule has 0 heterocycles. The molecule has 2 aromatic carbocycles. The number of fused-ring (bicyclic) bond motifs is 2. The van der Waals surface area contributed by atoms with Gasteiger partial charge in [0.05, 0.1) is 0 Å². The molecule has 2 nitrogen and oxygen atoms in total. The van der Waals surface area contributed by atoms with Gasteiger partial charge in [0.2, 0.25) is 0 Å². The molecule has 0 fully saturated rings. The minimum absolute atomic E-state index is 0.152. The van der Waals surface area contributed by atoms with Crippen LogP contribution in [0.3, 0.4) is 0 Å². The molecule has 2 aliphatic rings. The van der Waals surface area contributed by atoms with Crippen molar-refractivity contribution in [1.82, 2.24) is 9.96 Å². The minimum atomic E-state index is -1.70. The van der Waals surface area contributed by atoms with Crippen molar-refractivity contribution in [2.75, 3.05) is 0 Å². The Morgan fingerprint density at radius 2 is 0.771 bits per heavy atom. The molecule has 0 aliphatic heterocycles. The van der Waals surface area contributed by atoms with Crippen molar-refractivity contribution in [3.63, 3.8) is 0 Å². The first-order valence-electron chi connectivity index (χ1n) is 19.6. The van der Waals surface area contributed by atoms with Crippen LogP contribution < -0.4 is 9.96 Å². The summed E-state index contributed by atoms with van der Waals surface area (Å²) < 4.78 is 0.